The zero-order valence-corrected chi connectivity index (χ0v) is 17.5. The van der Waals surface area contributed by atoms with Crippen molar-refractivity contribution in [3.05, 3.63) is 59.7 Å². The second-order valence-corrected chi connectivity index (χ2v) is 10.4. The number of benzene rings is 2. The topological polar surface area (TPSA) is 61.4 Å². The number of fused-ring (bicyclic) bond motifs is 1. The normalized spacial score (nSPS) is 24.9. The van der Waals surface area contributed by atoms with Gasteiger partial charge in [0.1, 0.15) is 0 Å². The van der Waals surface area contributed by atoms with Gasteiger partial charge in [0.25, 0.3) is 10.0 Å². The second-order valence-electron chi connectivity index (χ2n) is 8.52. The Bertz CT molecular complexity index is 971. The second kappa shape index (κ2) is 7.74. The Hall–Kier alpha value is -1.89. The van der Waals surface area contributed by atoms with Crippen molar-refractivity contribution >= 4 is 15.7 Å². The van der Waals surface area contributed by atoms with E-state index in [2.05, 4.69) is 22.8 Å². The van der Waals surface area contributed by atoms with Gasteiger partial charge in [-0.3, -0.25) is 4.31 Å². The number of hydrogen-bond acceptors (Lipinski definition) is 4. The SMILES string of the molecule is O=S(=O)(c1ccccc1)N1CCCc2cc(C3CC3NC3CCNCC3)ccc21. The van der Waals surface area contributed by atoms with E-state index in [-0.39, 0.29) is 0 Å². The van der Waals surface area contributed by atoms with Gasteiger partial charge in [0.2, 0.25) is 0 Å². The average Bonchev–Trinajstić information content (AvgIpc) is 3.53. The quantitative estimate of drug-likeness (QED) is 0.794. The molecular weight excluding hydrogens is 382 g/mol. The van der Waals surface area contributed by atoms with Gasteiger partial charge in [-0.15, -0.1) is 0 Å². The highest BCUT2D eigenvalue weighted by atomic mass is 32.2. The third-order valence-electron chi connectivity index (χ3n) is 6.52. The molecule has 6 heteroatoms. The Morgan fingerprint density at radius 1 is 1.03 bits per heavy atom. The molecule has 2 fully saturated rings. The molecule has 2 aromatic carbocycles. The molecule has 0 radical (unpaired) electrons. The van der Waals surface area contributed by atoms with E-state index in [0.29, 0.717) is 29.4 Å². The Balaban J connectivity index is 1.34. The molecule has 2 unspecified atom stereocenters. The molecule has 1 saturated heterocycles. The van der Waals surface area contributed by atoms with Crippen molar-refractivity contribution in [2.24, 2.45) is 0 Å². The molecule has 2 atom stereocenters. The summed E-state index contributed by atoms with van der Waals surface area (Å²) in [4.78, 5) is 0.366. The largest absolute Gasteiger partial charge is 0.317 e. The first-order valence-corrected chi connectivity index (χ1v) is 12.2. The number of nitrogens with one attached hydrogen (secondary N) is 2. The first kappa shape index (κ1) is 19.1. The fraction of sp³-hybridized carbons (Fsp3) is 0.478. The summed E-state index contributed by atoms with van der Waals surface area (Å²) in [5.41, 5.74) is 3.38. The fourth-order valence-electron chi connectivity index (χ4n) is 4.82. The van der Waals surface area contributed by atoms with Gasteiger partial charge in [-0.05, 0) is 74.5 Å². The lowest BCUT2D eigenvalue weighted by Crippen LogP contribution is -2.41. The molecule has 5 nitrogen and oxygen atoms in total. The molecule has 2 aromatic rings. The number of sulfonamides is 1. The fourth-order valence-corrected chi connectivity index (χ4v) is 6.38. The summed E-state index contributed by atoms with van der Waals surface area (Å²) in [6, 6.07) is 16.4. The highest BCUT2D eigenvalue weighted by Crippen LogP contribution is 2.43. The molecule has 0 aromatic heterocycles. The average molecular weight is 412 g/mol. The monoisotopic (exact) mass is 411 g/mol. The smallest absolute Gasteiger partial charge is 0.264 e. The van der Waals surface area contributed by atoms with Crippen molar-refractivity contribution in [3.63, 3.8) is 0 Å². The third kappa shape index (κ3) is 3.81. The molecule has 0 amide bonds. The van der Waals surface area contributed by atoms with E-state index in [9.17, 15) is 8.42 Å². The van der Waals surface area contributed by atoms with Crippen LogP contribution in [-0.4, -0.2) is 40.1 Å². The zero-order valence-electron chi connectivity index (χ0n) is 16.7. The molecule has 2 aliphatic heterocycles. The minimum Gasteiger partial charge on any atom is -0.317 e. The summed E-state index contributed by atoms with van der Waals surface area (Å²) >= 11 is 0. The maximum absolute atomic E-state index is 13.2. The number of anilines is 1. The third-order valence-corrected chi connectivity index (χ3v) is 8.35. The van der Waals surface area contributed by atoms with Crippen LogP contribution in [0.25, 0.3) is 0 Å². The van der Waals surface area contributed by atoms with E-state index in [0.717, 1.165) is 31.6 Å². The molecule has 5 rings (SSSR count). The lowest BCUT2D eigenvalue weighted by Gasteiger charge is -2.31. The lowest BCUT2D eigenvalue weighted by atomic mass is 9.98. The molecule has 2 heterocycles. The number of piperidine rings is 1. The summed E-state index contributed by atoms with van der Waals surface area (Å²) in [5.74, 6) is 0.566. The Kier molecular flexibility index (Phi) is 5.10. The van der Waals surface area contributed by atoms with Gasteiger partial charge in [0.05, 0.1) is 10.6 Å². The Morgan fingerprint density at radius 2 is 1.83 bits per heavy atom. The molecule has 0 spiro atoms. The van der Waals surface area contributed by atoms with Crippen LogP contribution >= 0.6 is 0 Å². The summed E-state index contributed by atoms with van der Waals surface area (Å²) in [7, 11) is -3.51. The van der Waals surface area contributed by atoms with Crippen molar-refractivity contribution < 1.29 is 8.42 Å². The number of nitrogens with zero attached hydrogens (tertiary/aromatic N) is 1. The van der Waals surface area contributed by atoms with E-state index in [1.165, 1.54) is 30.4 Å². The van der Waals surface area contributed by atoms with Gasteiger partial charge in [0.15, 0.2) is 0 Å². The minimum absolute atomic E-state index is 0.366. The summed E-state index contributed by atoms with van der Waals surface area (Å²) in [6.45, 7) is 2.77. The Morgan fingerprint density at radius 3 is 2.62 bits per heavy atom. The molecule has 1 aliphatic carbocycles. The van der Waals surface area contributed by atoms with Gasteiger partial charge in [0, 0.05) is 24.5 Å². The van der Waals surface area contributed by atoms with Gasteiger partial charge >= 0.3 is 0 Å². The van der Waals surface area contributed by atoms with Crippen LogP contribution in [0.4, 0.5) is 5.69 Å². The molecule has 1 saturated carbocycles. The van der Waals surface area contributed by atoms with Crippen molar-refractivity contribution in [1.29, 1.82) is 0 Å². The van der Waals surface area contributed by atoms with Crippen molar-refractivity contribution in [1.82, 2.24) is 10.6 Å². The van der Waals surface area contributed by atoms with E-state index < -0.39 is 10.0 Å². The van der Waals surface area contributed by atoms with Gasteiger partial charge in [-0.1, -0.05) is 30.3 Å². The standard InChI is InChI=1S/C23H29N3O2S/c27-29(28,20-6-2-1-3-7-20)26-14-4-5-18-15-17(8-9-23(18)26)21-16-22(21)25-19-10-12-24-13-11-19/h1-3,6-9,15,19,21-22,24-25H,4-5,10-14,16H2. The van der Waals surface area contributed by atoms with Crippen LogP contribution in [0, 0.1) is 0 Å². The first-order chi connectivity index (χ1) is 14.1. The van der Waals surface area contributed by atoms with E-state index in [1.54, 1.807) is 28.6 Å². The summed E-state index contributed by atoms with van der Waals surface area (Å²) in [5, 5.41) is 7.25. The Labute approximate surface area is 173 Å². The van der Waals surface area contributed by atoms with Gasteiger partial charge in [-0.2, -0.15) is 0 Å². The van der Waals surface area contributed by atoms with E-state index in [1.807, 2.05) is 12.1 Å². The van der Waals surface area contributed by atoms with Crippen LogP contribution in [0.5, 0.6) is 0 Å². The number of aryl methyl sites for hydroxylation is 1. The minimum atomic E-state index is -3.51. The van der Waals surface area contributed by atoms with Crippen molar-refractivity contribution in [2.45, 2.75) is 55.0 Å². The van der Waals surface area contributed by atoms with Crippen LogP contribution in [0.2, 0.25) is 0 Å². The highest BCUT2D eigenvalue weighted by Gasteiger charge is 2.40. The highest BCUT2D eigenvalue weighted by molar-refractivity contribution is 7.92. The number of rotatable bonds is 5. The number of hydrogen-bond donors (Lipinski definition) is 2. The predicted molar refractivity (Wildman–Crippen MR) is 116 cm³/mol. The maximum Gasteiger partial charge on any atom is 0.264 e. The van der Waals surface area contributed by atoms with Crippen LogP contribution in [0.1, 0.15) is 42.7 Å². The van der Waals surface area contributed by atoms with Crippen LogP contribution in [0.15, 0.2) is 53.4 Å². The van der Waals surface area contributed by atoms with E-state index >= 15 is 0 Å². The van der Waals surface area contributed by atoms with Crippen LogP contribution in [-0.2, 0) is 16.4 Å². The molecule has 3 aliphatic rings. The van der Waals surface area contributed by atoms with Gasteiger partial charge < -0.3 is 10.6 Å². The predicted octanol–water partition coefficient (Wildman–Crippen LogP) is 3.03. The lowest BCUT2D eigenvalue weighted by molar-refractivity contribution is 0.383. The van der Waals surface area contributed by atoms with Crippen LogP contribution < -0.4 is 14.9 Å². The van der Waals surface area contributed by atoms with Crippen LogP contribution in [0.3, 0.4) is 0 Å². The molecule has 154 valence electrons. The molecule has 0 bridgehead atoms. The summed E-state index contributed by atoms with van der Waals surface area (Å²) in [6.07, 6.45) is 5.42. The van der Waals surface area contributed by atoms with Crippen molar-refractivity contribution in [3.8, 4) is 0 Å². The van der Waals surface area contributed by atoms with E-state index in [4.69, 9.17) is 0 Å². The van der Waals surface area contributed by atoms with Gasteiger partial charge in [-0.25, -0.2) is 8.42 Å². The molecule has 2 N–H and O–H groups in total. The zero-order chi connectivity index (χ0) is 19.8. The molecule has 29 heavy (non-hydrogen) atoms. The van der Waals surface area contributed by atoms with Crippen molar-refractivity contribution in [2.75, 3.05) is 23.9 Å². The maximum atomic E-state index is 13.2. The summed E-state index contributed by atoms with van der Waals surface area (Å²) < 4.78 is 27.9. The first-order valence-electron chi connectivity index (χ1n) is 10.8. The molecular formula is C23H29N3O2S.